The quantitative estimate of drug-likeness (QED) is 0.838. The van der Waals surface area contributed by atoms with Crippen molar-refractivity contribution in [2.45, 2.75) is 45.3 Å². The second-order valence-corrected chi connectivity index (χ2v) is 6.44. The number of anilines is 2. The summed E-state index contributed by atoms with van der Waals surface area (Å²) in [5, 5.41) is 7.61. The Morgan fingerprint density at radius 2 is 1.95 bits per heavy atom. The summed E-state index contributed by atoms with van der Waals surface area (Å²) >= 11 is 2.07. The Labute approximate surface area is 120 Å². The van der Waals surface area contributed by atoms with E-state index >= 15 is 0 Å². The number of rotatable bonds is 6. The molecule has 19 heavy (non-hydrogen) atoms. The highest BCUT2D eigenvalue weighted by molar-refractivity contribution is 8.00. The van der Waals surface area contributed by atoms with Gasteiger partial charge in [-0.15, -0.1) is 0 Å². The Kier molecular flexibility index (Phi) is 5.31. The largest absolute Gasteiger partial charge is 0.370 e. The predicted molar refractivity (Wildman–Crippen MR) is 84.3 cm³/mol. The van der Waals surface area contributed by atoms with Crippen molar-refractivity contribution in [2.75, 3.05) is 29.5 Å². The minimum atomic E-state index is 0.738. The van der Waals surface area contributed by atoms with Gasteiger partial charge in [0.1, 0.15) is 17.5 Å². The molecule has 0 amide bonds. The van der Waals surface area contributed by atoms with Crippen LogP contribution in [-0.2, 0) is 0 Å². The smallest absolute Gasteiger partial charge is 0.134 e. The molecule has 0 aliphatic carbocycles. The van der Waals surface area contributed by atoms with E-state index in [1.54, 1.807) is 0 Å². The molecule has 2 N–H and O–H groups in total. The molecule has 0 radical (unpaired) electrons. The summed E-state index contributed by atoms with van der Waals surface area (Å²) in [6.45, 7) is 8.16. The maximum absolute atomic E-state index is 4.53. The fourth-order valence-corrected chi connectivity index (χ4v) is 3.43. The average Bonchev–Trinajstić information content (AvgIpc) is 2.91. The molecule has 0 aromatic carbocycles. The third kappa shape index (κ3) is 4.00. The van der Waals surface area contributed by atoms with E-state index in [-0.39, 0.29) is 0 Å². The van der Waals surface area contributed by atoms with Gasteiger partial charge in [-0.1, -0.05) is 6.92 Å². The lowest BCUT2D eigenvalue weighted by atomic mass is 10.2. The lowest BCUT2D eigenvalue weighted by Gasteiger charge is -2.16. The summed E-state index contributed by atoms with van der Waals surface area (Å²) in [7, 11) is 0. The Morgan fingerprint density at radius 3 is 2.58 bits per heavy atom. The third-order valence-electron chi connectivity index (χ3n) is 3.32. The molecule has 1 aliphatic heterocycles. The lowest BCUT2D eigenvalue weighted by molar-refractivity contribution is 0.801. The number of thioether (sulfide) groups is 1. The number of aromatic nitrogens is 2. The molecule has 5 heteroatoms. The monoisotopic (exact) mass is 280 g/mol. The normalized spacial score (nSPS) is 18.6. The van der Waals surface area contributed by atoms with E-state index in [1.807, 2.05) is 6.92 Å². The van der Waals surface area contributed by atoms with Crippen molar-refractivity contribution >= 4 is 23.4 Å². The lowest BCUT2D eigenvalue weighted by Crippen LogP contribution is -2.17. The minimum absolute atomic E-state index is 0.738. The van der Waals surface area contributed by atoms with Gasteiger partial charge >= 0.3 is 0 Å². The van der Waals surface area contributed by atoms with Crippen LogP contribution in [-0.4, -0.2) is 34.1 Å². The highest BCUT2D eigenvalue weighted by Crippen LogP contribution is 2.27. The molecule has 0 spiro atoms. The molecular formula is C14H24N4S. The molecular weight excluding hydrogens is 256 g/mol. The second-order valence-electron chi connectivity index (χ2n) is 5.04. The topological polar surface area (TPSA) is 49.8 Å². The molecule has 1 atom stereocenters. The van der Waals surface area contributed by atoms with Crippen molar-refractivity contribution < 1.29 is 0 Å². The predicted octanol–water partition coefficient (Wildman–Crippen LogP) is 3.22. The van der Waals surface area contributed by atoms with Gasteiger partial charge in [0.25, 0.3) is 0 Å². The summed E-state index contributed by atoms with van der Waals surface area (Å²) in [5.74, 6) is 4.08. The van der Waals surface area contributed by atoms with Crippen LogP contribution in [0.2, 0.25) is 0 Å². The van der Waals surface area contributed by atoms with Gasteiger partial charge in [0, 0.05) is 23.9 Å². The summed E-state index contributed by atoms with van der Waals surface area (Å²) in [5.41, 5.74) is 1.13. The van der Waals surface area contributed by atoms with Crippen molar-refractivity contribution in [2.24, 2.45) is 0 Å². The van der Waals surface area contributed by atoms with Crippen LogP contribution in [0.3, 0.4) is 0 Å². The number of aryl methyl sites for hydroxylation is 1. The van der Waals surface area contributed by atoms with Crippen LogP contribution >= 0.6 is 11.8 Å². The van der Waals surface area contributed by atoms with Crippen molar-refractivity contribution in [1.82, 2.24) is 9.97 Å². The van der Waals surface area contributed by atoms with E-state index in [4.69, 9.17) is 0 Å². The molecule has 0 saturated carbocycles. The van der Waals surface area contributed by atoms with Crippen molar-refractivity contribution in [3.05, 3.63) is 11.4 Å². The summed E-state index contributed by atoms with van der Waals surface area (Å²) in [4.78, 5) is 9.01. The summed E-state index contributed by atoms with van der Waals surface area (Å²) in [6.07, 6.45) is 3.77. The molecule has 4 nitrogen and oxygen atoms in total. The van der Waals surface area contributed by atoms with Crippen LogP contribution in [0.1, 0.15) is 37.6 Å². The van der Waals surface area contributed by atoms with Crippen molar-refractivity contribution in [3.63, 3.8) is 0 Å². The van der Waals surface area contributed by atoms with Crippen LogP contribution in [0.15, 0.2) is 0 Å². The van der Waals surface area contributed by atoms with Gasteiger partial charge in [-0.05, 0) is 38.9 Å². The molecule has 1 fully saturated rings. The first-order valence-electron chi connectivity index (χ1n) is 7.15. The molecule has 1 unspecified atom stereocenters. The van der Waals surface area contributed by atoms with Crippen LogP contribution in [0.5, 0.6) is 0 Å². The van der Waals surface area contributed by atoms with E-state index < -0.39 is 0 Å². The van der Waals surface area contributed by atoms with E-state index in [0.717, 1.165) is 47.8 Å². The van der Waals surface area contributed by atoms with E-state index in [9.17, 15) is 0 Å². The van der Waals surface area contributed by atoms with Crippen LogP contribution < -0.4 is 10.6 Å². The highest BCUT2D eigenvalue weighted by atomic mass is 32.2. The standard InChI is InChI=1S/C14H24N4S/c1-4-7-15-13-10(2)14(18-11(3)17-13)16-9-12-6-5-8-19-12/h12H,4-9H2,1-3H3,(H2,15,16,17,18). The molecule has 1 aromatic rings. The Hall–Kier alpha value is -0.970. The molecule has 2 heterocycles. The summed E-state index contributed by atoms with van der Waals surface area (Å²) in [6, 6.07) is 0. The summed E-state index contributed by atoms with van der Waals surface area (Å²) < 4.78 is 0. The first-order chi connectivity index (χ1) is 9.20. The Morgan fingerprint density at radius 1 is 1.21 bits per heavy atom. The first kappa shape index (κ1) is 14.4. The van der Waals surface area contributed by atoms with Crippen molar-refractivity contribution in [1.29, 1.82) is 0 Å². The zero-order valence-corrected chi connectivity index (χ0v) is 12.9. The van der Waals surface area contributed by atoms with E-state index in [0.29, 0.717) is 0 Å². The van der Waals surface area contributed by atoms with Gasteiger partial charge < -0.3 is 10.6 Å². The maximum atomic E-state index is 4.53. The van der Waals surface area contributed by atoms with Gasteiger partial charge in [-0.25, -0.2) is 9.97 Å². The third-order valence-corrected chi connectivity index (χ3v) is 4.72. The second kappa shape index (κ2) is 6.98. The molecule has 1 aromatic heterocycles. The van der Waals surface area contributed by atoms with Gasteiger partial charge in [-0.2, -0.15) is 11.8 Å². The molecule has 1 aliphatic rings. The zero-order chi connectivity index (χ0) is 13.7. The Bertz CT molecular complexity index is 416. The SMILES string of the molecule is CCCNc1nc(C)nc(NCC2CCCS2)c1C. The van der Waals surface area contributed by atoms with Gasteiger partial charge in [0.2, 0.25) is 0 Å². The highest BCUT2D eigenvalue weighted by Gasteiger charge is 2.16. The van der Waals surface area contributed by atoms with Crippen LogP contribution in [0, 0.1) is 13.8 Å². The molecule has 0 bridgehead atoms. The number of nitrogens with one attached hydrogen (secondary N) is 2. The molecule has 1 saturated heterocycles. The average molecular weight is 280 g/mol. The number of hydrogen-bond acceptors (Lipinski definition) is 5. The molecule has 2 rings (SSSR count). The Balaban J connectivity index is 2.03. The zero-order valence-electron chi connectivity index (χ0n) is 12.1. The number of hydrogen-bond donors (Lipinski definition) is 2. The van der Waals surface area contributed by atoms with Crippen LogP contribution in [0.4, 0.5) is 11.6 Å². The van der Waals surface area contributed by atoms with Gasteiger partial charge in [-0.3, -0.25) is 0 Å². The fraction of sp³-hybridized carbons (Fsp3) is 0.714. The van der Waals surface area contributed by atoms with E-state index in [2.05, 4.69) is 46.2 Å². The molecule has 106 valence electrons. The first-order valence-corrected chi connectivity index (χ1v) is 8.20. The minimum Gasteiger partial charge on any atom is -0.370 e. The number of nitrogens with zero attached hydrogens (tertiary/aromatic N) is 2. The maximum Gasteiger partial charge on any atom is 0.134 e. The van der Waals surface area contributed by atoms with E-state index in [1.165, 1.54) is 18.6 Å². The van der Waals surface area contributed by atoms with Crippen LogP contribution in [0.25, 0.3) is 0 Å². The van der Waals surface area contributed by atoms with Gasteiger partial charge in [0.05, 0.1) is 0 Å². The van der Waals surface area contributed by atoms with Gasteiger partial charge in [0.15, 0.2) is 0 Å². The fourth-order valence-electron chi connectivity index (χ4n) is 2.23. The van der Waals surface area contributed by atoms with Crippen molar-refractivity contribution in [3.8, 4) is 0 Å².